The highest BCUT2D eigenvalue weighted by Gasteiger charge is 2.30. The van der Waals surface area contributed by atoms with Crippen molar-refractivity contribution < 1.29 is 75.8 Å². The Kier molecular flexibility index (Phi) is 87.6. The van der Waals surface area contributed by atoms with Crippen molar-refractivity contribution in [3.63, 3.8) is 0 Å². The Labute approximate surface area is 715 Å². The molecule has 0 aliphatic rings. The van der Waals surface area contributed by atoms with E-state index < -0.39 is 91.5 Å². The fraction of sp³-hybridized carbons (Fsp3) is 0.747. The zero-order valence-electron chi connectivity index (χ0n) is 74.6. The Bertz CT molecular complexity index is 2660. The highest BCUT2D eigenvalue weighted by Crippen LogP contribution is 2.45. The first-order valence-electron chi connectivity index (χ1n) is 47.5. The largest absolute Gasteiger partial charge is 0.472 e. The maximum Gasteiger partial charge on any atom is 0.472 e. The van der Waals surface area contributed by atoms with E-state index in [-0.39, 0.29) is 19.3 Å². The number of ether oxygens (including phenoxy) is 3. The smallest absolute Gasteiger partial charge is 0.463 e. The monoisotopic (exact) mass is 1680 g/mol. The van der Waals surface area contributed by atoms with Crippen molar-refractivity contribution in [2.45, 2.75) is 437 Å². The van der Waals surface area contributed by atoms with Crippen LogP contribution in [0.15, 0.2) is 134 Å². The van der Waals surface area contributed by atoms with E-state index in [1.807, 2.05) is 0 Å². The van der Waals surface area contributed by atoms with Gasteiger partial charge in [-0.25, -0.2) is 9.13 Å². The van der Waals surface area contributed by atoms with Gasteiger partial charge in [-0.2, -0.15) is 0 Å². The van der Waals surface area contributed by atoms with Crippen LogP contribution in [0.4, 0.5) is 0 Å². The van der Waals surface area contributed by atoms with Gasteiger partial charge < -0.3 is 34.2 Å². The van der Waals surface area contributed by atoms with Crippen LogP contribution < -0.4 is 0 Å². The summed E-state index contributed by atoms with van der Waals surface area (Å²) in [7, 11) is -9.81. The van der Waals surface area contributed by atoms with E-state index in [2.05, 4.69) is 154 Å². The fourth-order valence-corrected chi connectivity index (χ4v) is 14.7. The molecule has 0 aliphatic heterocycles. The second-order valence-corrected chi connectivity index (χ2v) is 34.7. The van der Waals surface area contributed by atoms with Crippen molar-refractivity contribution in [3.05, 3.63) is 134 Å². The molecule has 0 radical (unpaired) electrons. The minimum Gasteiger partial charge on any atom is -0.463 e. The number of hydrogen-bond donors (Lipinski definition) is 4. The van der Waals surface area contributed by atoms with Gasteiger partial charge in [0.05, 0.1) is 26.4 Å². The molecule has 0 aromatic rings. The molecule has 0 rings (SSSR count). The number of aliphatic hydroxyl groups excluding tert-OH is 2. The molecule has 5 unspecified atom stereocenters. The summed E-state index contributed by atoms with van der Waals surface area (Å²) in [5.41, 5.74) is 0. The molecule has 5 atom stereocenters. The molecule has 4 N–H and O–H groups in total. The summed E-state index contributed by atoms with van der Waals surface area (Å²) >= 11 is 0. The van der Waals surface area contributed by atoms with Gasteiger partial charge >= 0.3 is 33.6 Å². The zero-order chi connectivity index (χ0) is 85.1. The third-order valence-electron chi connectivity index (χ3n) is 20.3. The first-order chi connectivity index (χ1) is 57.2. The average molecular weight is 1680 g/mol. The summed E-state index contributed by atoms with van der Waals surface area (Å²) < 4.78 is 61.5. The molecule has 117 heavy (non-hydrogen) atoms. The molecule has 0 saturated heterocycles. The maximum absolute atomic E-state index is 13.1. The number of carbonyl (C=O) groups is 3. The number of unbranched alkanes of at least 4 members (excludes halogenated alkanes) is 45. The van der Waals surface area contributed by atoms with Gasteiger partial charge in [0, 0.05) is 19.3 Å². The summed E-state index contributed by atoms with van der Waals surface area (Å²) in [6.07, 6.45) is 114. The lowest BCUT2D eigenvalue weighted by molar-refractivity contribution is -0.161. The molecule has 0 aromatic carbocycles. The molecular formula is C99H174O16P2. The van der Waals surface area contributed by atoms with Crippen molar-refractivity contribution in [2.24, 2.45) is 0 Å². The summed E-state index contributed by atoms with van der Waals surface area (Å²) in [5, 5.41) is 20.7. The van der Waals surface area contributed by atoms with E-state index in [4.69, 9.17) is 32.3 Å². The lowest BCUT2D eigenvalue weighted by atomic mass is 10.0. The van der Waals surface area contributed by atoms with Gasteiger partial charge in [0.1, 0.15) is 25.4 Å². The Hall–Kier alpha value is -4.31. The number of carbonyl (C=O) groups excluding carboxylic acids is 3. The Morgan fingerprint density at radius 1 is 0.239 bits per heavy atom. The van der Waals surface area contributed by atoms with E-state index >= 15 is 0 Å². The minimum absolute atomic E-state index is 0.0889. The van der Waals surface area contributed by atoms with Crippen molar-refractivity contribution in [1.82, 2.24) is 0 Å². The predicted octanol–water partition coefficient (Wildman–Crippen LogP) is 29.3. The number of rotatable bonds is 90. The summed E-state index contributed by atoms with van der Waals surface area (Å²) in [6, 6.07) is 0. The van der Waals surface area contributed by atoms with Gasteiger partial charge in [-0.05, 0) is 148 Å². The first kappa shape index (κ1) is 113. The van der Waals surface area contributed by atoms with Crippen LogP contribution in [0.3, 0.4) is 0 Å². The van der Waals surface area contributed by atoms with Gasteiger partial charge in [0.15, 0.2) is 6.10 Å². The van der Waals surface area contributed by atoms with Gasteiger partial charge in [0.25, 0.3) is 0 Å². The fourth-order valence-electron chi connectivity index (χ4n) is 13.1. The van der Waals surface area contributed by atoms with Gasteiger partial charge in [0.2, 0.25) is 0 Å². The van der Waals surface area contributed by atoms with Gasteiger partial charge in [-0.15, -0.1) is 0 Å². The van der Waals surface area contributed by atoms with E-state index in [9.17, 15) is 43.5 Å². The van der Waals surface area contributed by atoms with Crippen LogP contribution in [-0.4, -0.2) is 95.9 Å². The lowest BCUT2D eigenvalue weighted by Gasteiger charge is -2.21. The molecule has 676 valence electrons. The van der Waals surface area contributed by atoms with Crippen molar-refractivity contribution in [3.8, 4) is 0 Å². The molecule has 0 spiro atoms. The number of hydrogen-bond acceptors (Lipinski definition) is 14. The number of aliphatic hydroxyl groups is 2. The molecule has 0 fully saturated rings. The third-order valence-corrected chi connectivity index (χ3v) is 22.2. The topological polar surface area (TPSA) is 231 Å². The summed E-state index contributed by atoms with van der Waals surface area (Å²) in [5.74, 6) is -1.57. The zero-order valence-corrected chi connectivity index (χ0v) is 76.4. The van der Waals surface area contributed by atoms with Crippen molar-refractivity contribution in [2.75, 3.05) is 39.6 Å². The minimum atomic E-state index is -4.94. The van der Waals surface area contributed by atoms with Crippen LogP contribution in [0.2, 0.25) is 0 Å². The molecule has 0 saturated carbocycles. The Morgan fingerprint density at radius 2 is 0.427 bits per heavy atom. The second kappa shape index (κ2) is 90.9. The molecule has 16 nitrogen and oxygen atoms in total. The molecule has 0 aliphatic carbocycles. The van der Waals surface area contributed by atoms with E-state index in [0.29, 0.717) is 19.3 Å². The second-order valence-electron chi connectivity index (χ2n) is 31.8. The highest BCUT2D eigenvalue weighted by molar-refractivity contribution is 7.47. The third kappa shape index (κ3) is 92.3. The van der Waals surface area contributed by atoms with E-state index in [1.165, 1.54) is 212 Å². The van der Waals surface area contributed by atoms with Crippen LogP contribution >= 0.6 is 15.6 Å². The number of esters is 3. The maximum atomic E-state index is 13.1. The van der Waals surface area contributed by atoms with Crippen LogP contribution in [0.1, 0.15) is 419 Å². The molecule has 0 heterocycles. The van der Waals surface area contributed by atoms with E-state index in [1.54, 1.807) is 0 Å². The van der Waals surface area contributed by atoms with E-state index in [0.717, 1.165) is 148 Å². The van der Waals surface area contributed by atoms with Crippen LogP contribution in [0, 0.1) is 0 Å². The number of allylic oxidation sites excluding steroid dienone is 22. The Balaban J connectivity index is 4.52. The van der Waals surface area contributed by atoms with Gasteiger partial charge in [-0.1, -0.05) is 386 Å². The standard InChI is InChI=1S/C99H174O16P2/c1-4-7-10-13-16-19-22-25-28-31-34-36-38-40-42-44-45-46-47-49-51-52-54-56-59-61-64-67-70-73-76-79-82-85-97(102)109-88-94(100)89-111-116(105,106)112-90-95(101)91-113-117(107,108)114-93-96(115-99(104)87-84-81-78-75-72-69-66-63-58-33-30-27-24-21-18-15-12-9-6-3)92-110-98(103)86-83-80-77-74-71-68-65-62-60-57-55-53-50-48-43-41-39-37-35-32-29-26-23-20-17-14-11-8-5-2/h16-21,25-30,34-37,40-43,58,63,94-96,100-101H,4-15,22-24,31-33,38-39,44-57,59-62,64-93H2,1-3H3,(H,105,106)(H,107,108)/b19-16-,20-17-,21-18-,28-25-,29-26-,30-27-,36-34-,37-35-,42-40-,43-41-,63-58-. The molecule has 18 heteroatoms. The molecule has 0 bridgehead atoms. The Morgan fingerprint density at radius 3 is 0.675 bits per heavy atom. The molecule has 0 aromatic heterocycles. The summed E-state index contributed by atoms with van der Waals surface area (Å²) in [4.78, 5) is 59.0. The molecule has 0 amide bonds. The lowest BCUT2D eigenvalue weighted by Crippen LogP contribution is -2.30. The average Bonchev–Trinajstić information content (AvgIpc) is 0.901. The SMILES string of the molecule is CCCCC/C=C\C/C=C\C/C=C\C/C=C\CCCCCCCCCCCCCCCCCCCC(=O)OCC(O)COP(=O)(O)OCC(O)COP(=O)(O)OCC(COC(=O)CCCCCCCCCCCCCCC/C=C\C/C=C\C/C=C\C/C=C\CCCCC)OC(=O)CCCCCCCC/C=C\C/C=C\C/C=C\CCCCC. The van der Waals surface area contributed by atoms with Crippen LogP contribution in [0.25, 0.3) is 0 Å². The predicted molar refractivity (Wildman–Crippen MR) is 491 cm³/mol. The normalized spacial score (nSPS) is 14.4. The highest BCUT2D eigenvalue weighted by atomic mass is 31.2. The summed E-state index contributed by atoms with van der Waals surface area (Å²) in [6.45, 7) is 2.65. The van der Waals surface area contributed by atoms with Crippen LogP contribution in [-0.2, 0) is 55.8 Å². The first-order valence-corrected chi connectivity index (χ1v) is 50.5. The molecular weight excluding hydrogens is 1510 g/mol. The van der Waals surface area contributed by atoms with Crippen LogP contribution in [0.5, 0.6) is 0 Å². The van der Waals surface area contributed by atoms with Gasteiger partial charge in [-0.3, -0.25) is 32.5 Å². The van der Waals surface area contributed by atoms with Crippen molar-refractivity contribution in [1.29, 1.82) is 0 Å². The van der Waals surface area contributed by atoms with Crippen molar-refractivity contribution >= 4 is 33.6 Å². The number of phosphoric ester groups is 2. The quantitative estimate of drug-likeness (QED) is 0.0146. The number of phosphoric acid groups is 2.